The first-order valence-electron chi connectivity index (χ1n) is 12.2. The first-order valence-corrected chi connectivity index (χ1v) is 12.2. The molecule has 35 heavy (non-hydrogen) atoms. The van der Waals surface area contributed by atoms with Gasteiger partial charge in [0.15, 0.2) is 5.69 Å². The van der Waals surface area contributed by atoms with E-state index in [4.69, 9.17) is 9.47 Å². The SMILES string of the molecule is CCOc1ccc(NC(=O)C2CCN(C(=O)c3ncn4c3COC(c3ccccc3)C4)CC2)cc1. The summed E-state index contributed by atoms with van der Waals surface area (Å²) in [7, 11) is 0. The largest absolute Gasteiger partial charge is 0.494 e. The summed E-state index contributed by atoms with van der Waals surface area (Å²) in [5.74, 6) is 0.545. The zero-order chi connectivity index (χ0) is 24.2. The highest BCUT2D eigenvalue weighted by molar-refractivity contribution is 5.95. The summed E-state index contributed by atoms with van der Waals surface area (Å²) in [5, 5.41) is 2.98. The van der Waals surface area contributed by atoms with Crippen LogP contribution in [0.4, 0.5) is 5.69 Å². The van der Waals surface area contributed by atoms with Crippen LogP contribution in [0.25, 0.3) is 0 Å². The van der Waals surface area contributed by atoms with Crippen molar-refractivity contribution in [3.8, 4) is 5.75 Å². The molecule has 2 aliphatic heterocycles. The number of anilines is 1. The highest BCUT2D eigenvalue weighted by Crippen LogP contribution is 2.29. The van der Waals surface area contributed by atoms with E-state index in [1.807, 2.05) is 54.0 Å². The van der Waals surface area contributed by atoms with Gasteiger partial charge in [-0.25, -0.2) is 4.98 Å². The zero-order valence-corrected chi connectivity index (χ0v) is 19.9. The van der Waals surface area contributed by atoms with Crippen molar-refractivity contribution in [2.45, 2.75) is 39.0 Å². The molecular weight excluding hydrogens is 444 g/mol. The lowest BCUT2D eigenvalue weighted by molar-refractivity contribution is -0.121. The van der Waals surface area contributed by atoms with Crippen molar-refractivity contribution in [1.82, 2.24) is 14.5 Å². The number of hydrogen-bond acceptors (Lipinski definition) is 5. The molecule has 1 N–H and O–H groups in total. The van der Waals surface area contributed by atoms with Crippen molar-refractivity contribution >= 4 is 17.5 Å². The van der Waals surface area contributed by atoms with E-state index in [1.165, 1.54) is 0 Å². The Labute approximate surface area is 204 Å². The lowest BCUT2D eigenvalue weighted by atomic mass is 9.95. The standard InChI is InChI=1S/C27H30N4O4/c1-2-34-22-10-8-21(9-11-22)29-26(32)20-12-14-30(15-13-20)27(33)25-23-17-35-24(16-31(23)18-28-25)19-6-4-3-5-7-19/h3-11,18,20,24H,2,12-17H2,1H3,(H,29,32). The van der Waals surface area contributed by atoms with Crippen LogP contribution in [0.5, 0.6) is 5.75 Å². The summed E-state index contributed by atoms with van der Waals surface area (Å²) in [6.45, 7) is 4.57. The molecule has 1 unspecified atom stereocenters. The van der Waals surface area contributed by atoms with Gasteiger partial charge in [0.25, 0.3) is 5.91 Å². The van der Waals surface area contributed by atoms with Gasteiger partial charge >= 0.3 is 0 Å². The van der Waals surface area contributed by atoms with E-state index in [-0.39, 0.29) is 23.8 Å². The molecule has 0 spiro atoms. The highest BCUT2D eigenvalue weighted by Gasteiger charge is 2.32. The van der Waals surface area contributed by atoms with Crippen LogP contribution < -0.4 is 10.1 Å². The van der Waals surface area contributed by atoms with Crippen molar-refractivity contribution in [3.05, 3.63) is 77.9 Å². The predicted octanol–water partition coefficient (Wildman–Crippen LogP) is 4.04. The molecule has 3 heterocycles. The van der Waals surface area contributed by atoms with Crippen molar-refractivity contribution in [3.63, 3.8) is 0 Å². The highest BCUT2D eigenvalue weighted by atomic mass is 16.5. The quantitative estimate of drug-likeness (QED) is 0.583. The molecular formula is C27H30N4O4. The Bertz CT molecular complexity index is 1170. The normalized spacial score (nSPS) is 18.1. The molecule has 0 bridgehead atoms. The van der Waals surface area contributed by atoms with Gasteiger partial charge in [-0.1, -0.05) is 30.3 Å². The number of carbonyl (C=O) groups is 2. The number of hydrogen-bond donors (Lipinski definition) is 1. The number of imidazole rings is 1. The molecule has 2 aliphatic rings. The number of ether oxygens (including phenoxy) is 2. The van der Waals surface area contributed by atoms with E-state index in [0.29, 0.717) is 51.4 Å². The number of nitrogens with zero attached hydrogens (tertiary/aromatic N) is 3. The molecule has 0 saturated carbocycles. The molecule has 2 amide bonds. The molecule has 182 valence electrons. The number of rotatable bonds is 6. The lowest BCUT2D eigenvalue weighted by Gasteiger charge is -2.31. The maximum absolute atomic E-state index is 13.2. The smallest absolute Gasteiger partial charge is 0.274 e. The van der Waals surface area contributed by atoms with E-state index in [2.05, 4.69) is 22.4 Å². The predicted molar refractivity (Wildman–Crippen MR) is 131 cm³/mol. The number of fused-ring (bicyclic) bond motifs is 1. The van der Waals surface area contributed by atoms with Gasteiger partial charge in [0.1, 0.15) is 11.9 Å². The summed E-state index contributed by atoms with van der Waals surface area (Å²) >= 11 is 0. The van der Waals surface area contributed by atoms with E-state index in [1.54, 1.807) is 11.2 Å². The van der Waals surface area contributed by atoms with Crippen LogP contribution in [0, 0.1) is 5.92 Å². The van der Waals surface area contributed by atoms with Crippen LogP contribution in [-0.4, -0.2) is 46.0 Å². The van der Waals surface area contributed by atoms with E-state index >= 15 is 0 Å². The summed E-state index contributed by atoms with van der Waals surface area (Å²) in [5.41, 5.74) is 3.13. The van der Waals surface area contributed by atoms with Crippen molar-refractivity contribution in [2.75, 3.05) is 25.0 Å². The Hall–Kier alpha value is -3.65. The fraction of sp³-hybridized carbons (Fsp3) is 0.370. The van der Waals surface area contributed by atoms with Crippen molar-refractivity contribution < 1.29 is 19.1 Å². The van der Waals surface area contributed by atoms with Crippen LogP contribution in [0.3, 0.4) is 0 Å². The lowest BCUT2D eigenvalue weighted by Crippen LogP contribution is -2.42. The summed E-state index contributed by atoms with van der Waals surface area (Å²) in [6, 6.07) is 17.5. The van der Waals surface area contributed by atoms with Crippen molar-refractivity contribution in [1.29, 1.82) is 0 Å². The number of carbonyl (C=O) groups excluding carboxylic acids is 2. The first-order chi connectivity index (χ1) is 17.1. The number of piperidine rings is 1. The van der Waals surface area contributed by atoms with Gasteiger partial charge in [-0.3, -0.25) is 9.59 Å². The van der Waals surface area contributed by atoms with E-state index in [0.717, 1.165) is 22.7 Å². The molecule has 8 heteroatoms. The van der Waals surface area contributed by atoms with Gasteiger partial charge in [0, 0.05) is 24.7 Å². The van der Waals surface area contributed by atoms with Gasteiger partial charge < -0.3 is 24.3 Å². The molecule has 2 aromatic carbocycles. The van der Waals surface area contributed by atoms with Gasteiger partial charge in [-0.2, -0.15) is 0 Å². The third kappa shape index (κ3) is 5.07. The van der Waals surface area contributed by atoms with Crippen LogP contribution in [0.15, 0.2) is 60.9 Å². The Morgan fingerprint density at radius 1 is 1.09 bits per heavy atom. The monoisotopic (exact) mass is 474 g/mol. The molecule has 8 nitrogen and oxygen atoms in total. The fourth-order valence-corrected chi connectivity index (χ4v) is 4.72. The summed E-state index contributed by atoms with van der Waals surface area (Å²) < 4.78 is 13.5. The minimum absolute atomic E-state index is 0.0130. The topological polar surface area (TPSA) is 85.7 Å². The summed E-state index contributed by atoms with van der Waals surface area (Å²) in [4.78, 5) is 32.2. The summed E-state index contributed by atoms with van der Waals surface area (Å²) in [6.07, 6.45) is 2.93. The number of benzene rings is 2. The number of likely N-dealkylation sites (tertiary alicyclic amines) is 1. The van der Waals surface area contributed by atoms with E-state index < -0.39 is 0 Å². The molecule has 0 aliphatic carbocycles. The molecule has 1 aromatic heterocycles. The van der Waals surface area contributed by atoms with E-state index in [9.17, 15) is 9.59 Å². The molecule has 5 rings (SSSR count). The molecule has 0 radical (unpaired) electrons. The second-order valence-electron chi connectivity index (χ2n) is 8.92. The third-order valence-corrected chi connectivity index (χ3v) is 6.69. The number of amides is 2. The number of aromatic nitrogens is 2. The van der Waals surface area contributed by atoms with Gasteiger partial charge in [-0.15, -0.1) is 0 Å². The Kier molecular flexibility index (Phi) is 6.81. The molecule has 1 fully saturated rings. The molecule has 1 atom stereocenters. The Morgan fingerprint density at radius 2 is 1.83 bits per heavy atom. The second-order valence-corrected chi connectivity index (χ2v) is 8.92. The van der Waals surface area contributed by atoms with Gasteiger partial charge in [0.05, 0.1) is 31.8 Å². The minimum atomic E-state index is -0.128. The average molecular weight is 475 g/mol. The first kappa shape index (κ1) is 23.1. The average Bonchev–Trinajstić information content (AvgIpc) is 3.33. The van der Waals surface area contributed by atoms with Gasteiger partial charge in [0.2, 0.25) is 5.91 Å². The fourth-order valence-electron chi connectivity index (χ4n) is 4.72. The Morgan fingerprint density at radius 3 is 2.54 bits per heavy atom. The van der Waals surface area contributed by atoms with Crippen LogP contribution in [0.2, 0.25) is 0 Å². The molecule has 1 saturated heterocycles. The maximum Gasteiger partial charge on any atom is 0.274 e. The second kappa shape index (κ2) is 10.3. The molecule has 3 aromatic rings. The van der Waals surface area contributed by atoms with Crippen LogP contribution in [0.1, 0.15) is 47.6 Å². The minimum Gasteiger partial charge on any atom is -0.494 e. The van der Waals surface area contributed by atoms with Gasteiger partial charge in [-0.05, 0) is 49.6 Å². The number of nitrogens with one attached hydrogen (secondary N) is 1. The third-order valence-electron chi connectivity index (χ3n) is 6.69. The maximum atomic E-state index is 13.2. The van der Waals surface area contributed by atoms with Crippen LogP contribution >= 0.6 is 0 Å². The Balaban J connectivity index is 1.16. The van der Waals surface area contributed by atoms with Crippen molar-refractivity contribution in [2.24, 2.45) is 5.92 Å². The van der Waals surface area contributed by atoms with Crippen LogP contribution in [-0.2, 0) is 22.7 Å². The zero-order valence-electron chi connectivity index (χ0n) is 19.9.